The predicted molar refractivity (Wildman–Crippen MR) is 75.8 cm³/mol. The Morgan fingerprint density at radius 2 is 1.56 bits per heavy atom. The molecule has 98 valence electrons. The Labute approximate surface area is 114 Å². The Kier molecular flexibility index (Phi) is 5.67. The number of rotatable bonds is 1. The highest BCUT2D eigenvalue weighted by Gasteiger charge is 2.11. The van der Waals surface area contributed by atoms with Crippen molar-refractivity contribution in [1.82, 2.24) is 4.98 Å². The Morgan fingerprint density at radius 1 is 0.944 bits per heavy atom. The van der Waals surface area contributed by atoms with Gasteiger partial charge in [0.15, 0.2) is 0 Å². The van der Waals surface area contributed by atoms with Gasteiger partial charge in [0.05, 0.1) is 18.2 Å². The van der Waals surface area contributed by atoms with E-state index in [0.717, 1.165) is 11.4 Å². The first-order chi connectivity index (χ1) is 8.90. The van der Waals surface area contributed by atoms with E-state index >= 15 is 0 Å². The zero-order chi connectivity index (χ0) is 12.6. The summed E-state index contributed by atoms with van der Waals surface area (Å²) in [4.78, 5) is 6.12. The molecule has 0 radical (unpaired) electrons. The van der Waals surface area contributed by atoms with Gasteiger partial charge in [0.2, 0.25) is 0 Å². The van der Waals surface area contributed by atoms with Crippen molar-refractivity contribution in [3.8, 4) is 6.07 Å². The molecule has 2 nitrogen and oxygen atoms in total. The third-order valence-electron chi connectivity index (χ3n) is 3.62. The molecule has 1 aliphatic rings. The smallest absolute Gasteiger partial charge is 0.107 e. The lowest BCUT2D eigenvalue weighted by Crippen LogP contribution is -1.95. The van der Waals surface area contributed by atoms with Crippen LogP contribution in [0.25, 0.3) is 0 Å². The number of nitrogens with zero attached hydrogens (tertiary/aromatic N) is 2. The number of thiazole rings is 1. The molecule has 0 spiro atoms. The molecule has 0 saturated heterocycles. The molecule has 0 saturated carbocycles. The van der Waals surface area contributed by atoms with E-state index in [1.54, 1.807) is 11.3 Å². The highest BCUT2D eigenvalue weighted by molar-refractivity contribution is 7.11. The maximum Gasteiger partial charge on any atom is 0.107 e. The maximum absolute atomic E-state index is 8.77. The van der Waals surface area contributed by atoms with Crippen LogP contribution in [0.4, 0.5) is 0 Å². The molecule has 1 aromatic heterocycles. The summed E-state index contributed by atoms with van der Waals surface area (Å²) < 4.78 is 0. The average molecular weight is 262 g/mol. The zero-order valence-electron chi connectivity index (χ0n) is 11.1. The second-order valence-electron chi connectivity index (χ2n) is 5.14. The molecule has 1 aliphatic carbocycles. The van der Waals surface area contributed by atoms with Crippen LogP contribution in [-0.2, 0) is 19.3 Å². The van der Waals surface area contributed by atoms with Gasteiger partial charge >= 0.3 is 0 Å². The summed E-state index contributed by atoms with van der Waals surface area (Å²) >= 11 is 1.78. The van der Waals surface area contributed by atoms with Crippen molar-refractivity contribution in [1.29, 1.82) is 5.26 Å². The first-order valence-electron chi connectivity index (χ1n) is 7.24. The van der Waals surface area contributed by atoms with Crippen molar-refractivity contribution < 1.29 is 0 Å². The van der Waals surface area contributed by atoms with Crippen LogP contribution >= 0.6 is 11.3 Å². The average Bonchev–Trinajstić information content (AvgIpc) is 2.72. The normalized spacial score (nSPS) is 18.2. The van der Waals surface area contributed by atoms with Crippen LogP contribution in [0.5, 0.6) is 0 Å². The Balaban J connectivity index is 2.03. The van der Waals surface area contributed by atoms with Crippen molar-refractivity contribution in [2.45, 2.75) is 70.6 Å². The van der Waals surface area contributed by atoms with Gasteiger partial charge in [-0.2, -0.15) is 5.26 Å². The van der Waals surface area contributed by atoms with E-state index in [1.165, 1.54) is 68.4 Å². The van der Waals surface area contributed by atoms with Crippen molar-refractivity contribution in [3.63, 3.8) is 0 Å². The van der Waals surface area contributed by atoms with Crippen LogP contribution in [0, 0.1) is 11.3 Å². The lowest BCUT2D eigenvalue weighted by Gasteiger charge is -2.06. The van der Waals surface area contributed by atoms with Crippen LogP contribution in [0.3, 0.4) is 0 Å². The highest BCUT2D eigenvalue weighted by atomic mass is 32.1. The minimum atomic E-state index is 0.484. The third-order valence-corrected chi connectivity index (χ3v) is 4.78. The Bertz CT molecular complexity index is 374. The van der Waals surface area contributed by atoms with Gasteiger partial charge in [-0.25, -0.2) is 4.98 Å². The summed E-state index contributed by atoms with van der Waals surface area (Å²) in [7, 11) is 0. The Morgan fingerprint density at radius 3 is 2.22 bits per heavy atom. The molecule has 3 heteroatoms. The van der Waals surface area contributed by atoms with Crippen molar-refractivity contribution >= 4 is 11.3 Å². The van der Waals surface area contributed by atoms with E-state index in [2.05, 4.69) is 11.1 Å². The molecule has 0 bridgehead atoms. The lowest BCUT2D eigenvalue weighted by atomic mass is 10.0. The van der Waals surface area contributed by atoms with Gasteiger partial charge in [-0.05, 0) is 25.7 Å². The maximum atomic E-state index is 8.77. The van der Waals surface area contributed by atoms with E-state index in [1.807, 2.05) is 0 Å². The van der Waals surface area contributed by atoms with E-state index in [4.69, 9.17) is 5.26 Å². The fraction of sp³-hybridized carbons (Fsp3) is 0.733. The minimum absolute atomic E-state index is 0.484. The molecular formula is C15H22N2S. The molecule has 18 heavy (non-hydrogen) atoms. The van der Waals surface area contributed by atoms with Gasteiger partial charge in [-0.15, -0.1) is 11.3 Å². The molecular weight excluding hydrogens is 240 g/mol. The summed E-state index contributed by atoms with van der Waals surface area (Å²) in [6.07, 6.45) is 13.6. The van der Waals surface area contributed by atoms with Gasteiger partial charge in [0.25, 0.3) is 0 Å². The molecule has 0 atom stereocenters. The topological polar surface area (TPSA) is 36.7 Å². The SMILES string of the molecule is N#CCc1nc2c(s1)CCCCCCCCCC2. The molecule has 1 aromatic rings. The predicted octanol–water partition coefficient (Wildman–Crippen LogP) is 4.43. The van der Waals surface area contributed by atoms with Crippen molar-refractivity contribution in [2.24, 2.45) is 0 Å². The molecule has 0 fully saturated rings. The third kappa shape index (κ3) is 4.10. The quantitative estimate of drug-likeness (QED) is 0.750. The summed E-state index contributed by atoms with van der Waals surface area (Å²) in [6, 6.07) is 2.22. The fourth-order valence-corrected chi connectivity index (χ4v) is 3.70. The van der Waals surface area contributed by atoms with Crippen LogP contribution in [0.1, 0.15) is 66.9 Å². The van der Waals surface area contributed by atoms with E-state index in [9.17, 15) is 0 Å². The van der Waals surface area contributed by atoms with Gasteiger partial charge in [-0.3, -0.25) is 0 Å². The van der Waals surface area contributed by atoms with Crippen LogP contribution in [0.15, 0.2) is 0 Å². The van der Waals surface area contributed by atoms with Gasteiger partial charge in [0.1, 0.15) is 5.01 Å². The summed E-state index contributed by atoms with van der Waals surface area (Å²) in [5.74, 6) is 0. The fourth-order valence-electron chi connectivity index (χ4n) is 2.61. The molecule has 0 aliphatic heterocycles. The molecule has 0 amide bonds. The van der Waals surface area contributed by atoms with Gasteiger partial charge < -0.3 is 0 Å². The summed E-state index contributed by atoms with van der Waals surface area (Å²) in [5.41, 5.74) is 1.30. The summed E-state index contributed by atoms with van der Waals surface area (Å²) in [5, 5.41) is 9.80. The summed E-state index contributed by atoms with van der Waals surface area (Å²) in [6.45, 7) is 0. The second-order valence-corrected chi connectivity index (χ2v) is 6.31. The first-order valence-corrected chi connectivity index (χ1v) is 8.06. The number of nitriles is 1. The van der Waals surface area contributed by atoms with Gasteiger partial charge in [0, 0.05) is 4.88 Å². The lowest BCUT2D eigenvalue weighted by molar-refractivity contribution is 0.559. The zero-order valence-corrected chi connectivity index (χ0v) is 11.9. The van der Waals surface area contributed by atoms with Crippen molar-refractivity contribution in [3.05, 3.63) is 15.6 Å². The second kappa shape index (κ2) is 7.53. The van der Waals surface area contributed by atoms with Crippen LogP contribution < -0.4 is 0 Å². The van der Waals surface area contributed by atoms with Crippen LogP contribution in [-0.4, -0.2) is 4.98 Å². The first kappa shape index (κ1) is 13.5. The van der Waals surface area contributed by atoms with E-state index < -0.39 is 0 Å². The molecule has 0 unspecified atom stereocenters. The largest absolute Gasteiger partial charge is 0.245 e. The van der Waals surface area contributed by atoms with E-state index in [-0.39, 0.29) is 0 Å². The minimum Gasteiger partial charge on any atom is -0.245 e. The number of aryl methyl sites for hydroxylation is 2. The number of hydrogen-bond acceptors (Lipinski definition) is 3. The number of fused-ring (bicyclic) bond motifs is 1. The molecule has 2 rings (SSSR count). The monoisotopic (exact) mass is 262 g/mol. The Hall–Kier alpha value is -0.880. The number of hydrogen-bond donors (Lipinski definition) is 0. The van der Waals surface area contributed by atoms with E-state index in [0.29, 0.717) is 6.42 Å². The van der Waals surface area contributed by atoms with Crippen molar-refractivity contribution in [2.75, 3.05) is 0 Å². The molecule has 1 heterocycles. The highest BCUT2D eigenvalue weighted by Crippen LogP contribution is 2.24. The standard InChI is InChI=1S/C15H22N2S/c16-12-11-15-17-13-9-7-5-3-1-2-4-6-8-10-14(13)18-15/h1-11H2. The molecule has 0 aromatic carbocycles. The van der Waals surface area contributed by atoms with Gasteiger partial charge in [-0.1, -0.05) is 38.5 Å². The van der Waals surface area contributed by atoms with Crippen LogP contribution in [0.2, 0.25) is 0 Å². The molecule has 0 N–H and O–H groups in total. The number of aromatic nitrogens is 1.